The summed E-state index contributed by atoms with van der Waals surface area (Å²) in [7, 11) is 0. The molecule has 0 aliphatic carbocycles. The zero-order valence-corrected chi connectivity index (χ0v) is 12.1. The number of aliphatic hydroxyl groups excluding tert-OH is 1. The van der Waals surface area contributed by atoms with Crippen molar-refractivity contribution in [2.75, 3.05) is 11.6 Å². The molecule has 2 atom stereocenters. The molecule has 1 heterocycles. The third-order valence-corrected chi connectivity index (χ3v) is 3.50. The molecular formula is C14H16FN3OS. The molecule has 20 heavy (non-hydrogen) atoms. The van der Waals surface area contributed by atoms with Crippen molar-refractivity contribution >= 4 is 17.6 Å². The van der Waals surface area contributed by atoms with Gasteiger partial charge in [-0.05, 0) is 30.9 Å². The first-order valence-electron chi connectivity index (χ1n) is 6.16. The van der Waals surface area contributed by atoms with Crippen LogP contribution in [0, 0.1) is 5.82 Å². The lowest BCUT2D eigenvalue weighted by Gasteiger charge is -2.21. The van der Waals surface area contributed by atoms with E-state index in [-0.39, 0.29) is 11.9 Å². The lowest BCUT2D eigenvalue weighted by atomic mass is 10.0. The van der Waals surface area contributed by atoms with Crippen LogP contribution in [0.2, 0.25) is 0 Å². The zero-order valence-electron chi connectivity index (χ0n) is 11.2. The minimum absolute atomic E-state index is 0.271. The maximum atomic E-state index is 12.9. The number of halogens is 1. The lowest BCUT2D eigenvalue weighted by molar-refractivity contribution is 0.160. The molecule has 0 radical (unpaired) electrons. The summed E-state index contributed by atoms with van der Waals surface area (Å²) in [5.41, 5.74) is 0.653. The fraction of sp³-hybridized carbons (Fsp3) is 0.286. The standard InChI is InChI=1S/C14H16FN3OS/c1-9(14(19)10-3-5-11(15)6-4-10)17-12-7-16-8-13(18-12)20-2/h3-9,14,19H,1-2H3,(H,17,18). The Morgan fingerprint density at radius 3 is 2.60 bits per heavy atom. The first kappa shape index (κ1) is 14.7. The van der Waals surface area contributed by atoms with E-state index in [1.807, 2.05) is 13.2 Å². The minimum atomic E-state index is -0.754. The summed E-state index contributed by atoms with van der Waals surface area (Å²) in [5.74, 6) is 0.283. The van der Waals surface area contributed by atoms with Gasteiger partial charge in [0.2, 0.25) is 0 Å². The minimum Gasteiger partial charge on any atom is -0.386 e. The van der Waals surface area contributed by atoms with E-state index < -0.39 is 6.10 Å². The largest absolute Gasteiger partial charge is 0.386 e. The molecule has 0 aliphatic heterocycles. The average molecular weight is 293 g/mol. The number of nitrogens with zero attached hydrogens (tertiary/aromatic N) is 2. The maximum Gasteiger partial charge on any atom is 0.146 e. The van der Waals surface area contributed by atoms with Gasteiger partial charge < -0.3 is 10.4 Å². The molecule has 2 aromatic rings. The van der Waals surface area contributed by atoms with Crippen LogP contribution in [0.25, 0.3) is 0 Å². The van der Waals surface area contributed by atoms with E-state index in [0.29, 0.717) is 11.4 Å². The molecular weight excluding hydrogens is 277 g/mol. The van der Waals surface area contributed by atoms with Gasteiger partial charge in [0.15, 0.2) is 0 Å². The second kappa shape index (κ2) is 6.67. The van der Waals surface area contributed by atoms with Gasteiger partial charge in [0.1, 0.15) is 16.7 Å². The van der Waals surface area contributed by atoms with Gasteiger partial charge in [0.05, 0.1) is 24.5 Å². The molecule has 106 valence electrons. The number of anilines is 1. The summed E-state index contributed by atoms with van der Waals surface area (Å²) in [6, 6.07) is 5.54. The van der Waals surface area contributed by atoms with Gasteiger partial charge in [-0.2, -0.15) is 0 Å². The van der Waals surface area contributed by atoms with Gasteiger partial charge in [-0.1, -0.05) is 12.1 Å². The topological polar surface area (TPSA) is 58.0 Å². The van der Waals surface area contributed by atoms with E-state index in [1.165, 1.54) is 23.9 Å². The van der Waals surface area contributed by atoms with Crippen molar-refractivity contribution in [2.24, 2.45) is 0 Å². The molecule has 2 rings (SSSR count). The van der Waals surface area contributed by atoms with Gasteiger partial charge in [-0.25, -0.2) is 9.37 Å². The Labute approximate surface area is 121 Å². The lowest BCUT2D eigenvalue weighted by Crippen LogP contribution is -2.24. The fourth-order valence-corrected chi connectivity index (χ4v) is 2.13. The summed E-state index contributed by atoms with van der Waals surface area (Å²) in [6.07, 6.45) is 4.45. The second-order valence-corrected chi connectivity index (χ2v) is 5.20. The number of aromatic nitrogens is 2. The molecule has 2 N–H and O–H groups in total. The molecule has 0 spiro atoms. The van der Waals surface area contributed by atoms with Crippen LogP contribution in [0.15, 0.2) is 41.7 Å². The van der Waals surface area contributed by atoms with Crippen LogP contribution in [-0.4, -0.2) is 27.4 Å². The third-order valence-electron chi connectivity index (χ3n) is 2.88. The van der Waals surface area contributed by atoms with Gasteiger partial charge >= 0.3 is 0 Å². The van der Waals surface area contributed by atoms with E-state index in [2.05, 4.69) is 15.3 Å². The molecule has 0 amide bonds. The first-order valence-corrected chi connectivity index (χ1v) is 7.38. The predicted molar refractivity (Wildman–Crippen MR) is 78.3 cm³/mol. The van der Waals surface area contributed by atoms with Crippen molar-refractivity contribution in [3.8, 4) is 0 Å². The van der Waals surface area contributed by atoms with Crippen LogP contribution >= 0.6 is 11.8 Å². The number of hydrogen-bond acceptors (Lipinski definition) is 5. The summed E-state index contributed by atoms with van der Waals surface area (Å²) in [4.78, 5) is 8.41. The van der Waals surface area contributed by atoms with Gasteiger partial charge in [0, 0.05) is 0 Å². The Hall–Kier alpha value is -1.66. The maximum absolute atomic E-state index is 12.9. The molecule has 0 saturated heterocycles. The van der Waals surface area contributed by atoms with E-state index in [1.54, 1.807) is 24.5 Å². The average Bonchev–Trinajstić information content (AvgIpc) is 2.47. The summed E-state index contributed by atoms with van der Waals surface area (Å²) in [5, 5.41) is 14.1. The van der Waals surface area contributed by atoms with Crippen LogP contribution in [0.4, 0.5) is 10.2 Å². The van der Waals surface area contributed by atoms with E-state index in [0.717, 1.165) is 5.03 Å². The Morgan fingerprint density at radius 1 is 1.25 bits per heavy atom. The van der Waals surface area contributed by atoms with Crippen LogP contribution in [-0.2, 0) is 0 Å². The number of nitrogens with one attached hydrogen (secondary N) is 1. The highest BCUT2D eigenvalue weighted by molar-refractivity contribution is 7.98. The quantitative estimate of drug-likeness (QED) is 0.830. The monoisotopic (exact) mass is 293 g/mol. The molecule has 0 saturated carbocycles. The Morgan fingerprint density at radius 2 is 1.95 bits per heavy atom. The van der Waals surface area contributed by atoms with E-state index >= 15 is 0 Å². The highest BCUT2D eigenvalue weighted by Crippen LogP contribution is 2.20. The highest BCUT2D eigenvalue weighted by atomic mass is 32.2. The predicted octanol–water partition coefficient (Wildman–Crippen LogP) is 2.87. The first-order chi connectivity index (χ1) is 9.60. The number of hydrogen-bond donors (Lipinski definition) is 2. The van der Waals surface area contributed by atoms with Gasteiger partial charge in [-0.3, -0.25) is 4.98 Å². The third kappa shape index (κ3) is 3.68. The number of aliphatic hydroxyl groups is 1. The zero-order chi connectivity index (χ0) is 14.5. The molecule has 0 fully saturated rings. The summed E-state index contributed by atoms with van der Waals surface area (Å²) in [6.45, 7) is 1.83. The molecule has 1 aromatic carbocycles. The molecule has 0 aliphatic rings. The SMILES string of the molecule is CSc1cncc(NC(C)C(O)c2ccc(F)cc2)n1. The normalized spacial score (nSPS) is 13.8. The Balaban J connectivity index is 2.06. The van der Waals surface area contributed by atoms with Crippen molar-refractivity contribution in [1.29, 1.82) is 0 Å². The number of rotatable bonds is 5. The smallest absolute Gasteiger partial charge is 0.146 e. The van der Waals surface area contributed by atoms with Gasteiger partial charge in [-0.15, -0.1) is 11.8 Å². The molecule has 4 nitrogen and oxygen atoms in total. The number of benzene rings is 1. The van der Waals surface area contributed by atoms with E-state index in [4.69, 9.17) is 0 Å². The van der Waals surface area contributed by atoms with Crippen molar-refractivity contribution in [3.05, 3.63) is 48.0 Å². The van der Waals surface area contributed by atoms with Crippen LogP contribution in [0.1, 0.15) is 18.6 Å². The number of thioether (sulfide) groups is 1. The van der Waals surface area contributed by atoms with Crippen LogP contribution < -0.4 is 5.32 Å². The highest BCUT2D eigenvalue weighted by Gasteiger charge is 2.17. The Kier molecular flexibility index (Phi) is 4.92. The molecule has 0 bridgehead atoms. The molecule has 2 unspecified atom stereocenters. The summed E-state index contributed by atoms with van der Waals surface area (Å²) < 4.78 is 12.9. The summed E-state index contributed by atoms with van der Waals surface area (Å²) >= 11 is 1.50. The molecule has 1 aromatic heterocycles. The fourth-order valence-electron chi connectivity index (χ4n) is 1.78. The van der Waals surface area contributed by atoms with Crippen molar-refractivity contribution < 1.29 is 9.50 Å². The molecule has 6 heteroatoms. The van der Waals surface area contributed by atoms with Crippen molar-refractivity contribution in [2.45, 2.75) is 24.1 Å². The second-order valence-electron chi connectivity index (χ2n) is 4.38. The Bertz CT molecular complexity index is 565. The van der Waals surface area contributed by atoms with Gasteiger partial charge in [0.25, 0.3) is 0 Å². The van der Waals surface area contributed by atoms with Crippen molar-refractivity contribution in [1.82, 2.24) is 9.97 Å². The van der Waals surface area contributed by atoms with Crippen LogP contribution in [0.5, 0.6) is 0 Å². The van der Waals surface area contributed by atoms with E-state index in [9.17, 15) is 9.50 Å². The van der Waals surface area contributed by atoms with Crippen LogP contribution in [0.3, 0.4) is 0 Å². The van der Waals surface area contributed by atoms with Crippen molar-refractivity contribution in [3.63, 3.8) is 0 Å².